The van der Waals surface area contributed by atoms with Crippen molar-refractivity contribution in [3.8, 4) is 11.8 Å². The molecule has 0 spiro atoms. The van der Waals surface area contributed by atoms with E-state index in [1.807, 2.05) is 11.4 Å². The van der Waals surface area contributed by atoms with Crippen LogP contribution in [-0.2, 0) is 0 Å². The van der Waals surface area contributed by atoms with Gasteiger partial charge >= 0.3 is 0 Å². The molecule has 4 heteroatoms. The zero-order valence-corrected chi connectivity index (χ0v) is 13.1. The maximum atomic E-state index is 12.8. The first-order valence-electron chi connectivity index (χ1n) is 7.88. The van der Waals surface area contributed by atoms with Crippen molar-refractivity contribution in [3.63, 3.8) is 0 Å². The predicted octanol–water partition coefficient (Wildman–Crippen LogP) is 2.85. The van der Waals surface area contributed by atoms with Crippen LogP contribution in [0.25, 0.3) is 0 Å². The van der Waals surface area contributed by atoms with E-state index in [-0.39, 0.29) is 5.91 Å². The average molecular weight is 302 g/mol. The van der Waals surface area contributed by atoms with Gasteiger partial charge in [0.2, 0.25) is 0 Å². The molecule has 1 saturated heterocycles. The summed E-state index contributed by atoms with van der Waals surface area (Å²) >= 11 is 1.53. The number of amides is 1. The Kier molecular flexibility index (Phi) is 4.62. The van der Waals surface area contributed by atoms with Crippen molar-refractivity contribution in [3.05, 3.63) is 21.9 Å². The fourth-order valence-electron chi connectivity index (χ4n) is 3.69. The van der Waals surface area contributed by atoms with E-state index in [2.05, 4.69) is 16.7 Å². The van der Waals surface area contributed by atoms with Gasteiger partial charge in [0.15, 0.2) is 0 Å². The lowest BCUT2D eigenvalue weighted by atomic mass is 9.78. The lowest BCUT2D eigenvalue weighted by molar-refractivity contribution is 0.0391. The minimum Gasteiger partial charge on any atom is -0.335 e. The Morgan fingerprint density at radius 1 is 1.33 bits per heavy atom. The Balaban J connectivity index is 1.75. The summed E-state index contributed by atoms with van der Waals surface area (Å²) in [5.41, 5.74) is 6.19. The van der Waals surface area contributed by atoms with Crippen LogP contribution in [0, 0.1) is 17.8 Å². The van der Waals surface area contributed by atoms with E-state index < -0.39 is 0 Å². The largest absolute Gasteiger partial charge is 0.335 e. The second-order valence-corrected chi connectivity index (χ2v) is 6.87. The van der Waals surface area contributed by atoms with E-state index >= 15 is 0 Å². The Morgan fingerprint density at radius 2 is 2.14 bits per heavy atom. The molecule has 2 unspecified atom stereocenters. The van der Waals surface area contributed by atoms with Crippen LogP contribution < -0.4 is 5.73 Å². The Bertz CT molecular complexity index is 567. The van der Waals surface area contributed by atoms with Gasteiger partial charge in [-0.1, -0.05) is 24.7 Å². The van der Waals surface area contributed by atoms with Crippen LogP contribution in [0.5, 0.6) is 0 Å². The highest BCUT2D eigenvalue weighted by atomic mass is 32.1. The molecule has 1 saturated carbocycles. The smallest absolute Gasteiger partial charge is 0.255 e. The molecule has 112 valence electrons. The third-order valence-electron chi connectivity index (χ3n) is 4.66. The van der Waals surface area contributed by atoms with Crippen molar-refractivity contribution in [2.75, 3.05) is 13.1 Å². The molecule has 0 radical (unpaired) electrons. The predicted molar refractivity (Wildman–Crippen MR) is 86.3 cm³/mol. The molecule has 2 N–H and O–H groups in total. The normalized spacial score (nSPS) is 24.9. The van der Waals surface area contributed by atoms with Gasteiger partial charge < -0.3 is 10.6 Å². The molecule has 21 heavy (non-hydrogen) atoms. The van der Waals surface area contributed by atoms with Crippen LogP contribution in [0.4, 0.5) is 0 Å². The van der Waals surface area contributed by atoms with Crippen molar-refractivity contribution in [1.82, 2.24) is 4.90 Å². The lowest BCUT2D eigenvalue weighted by Crippen LogP contribution is -2.49. The van der Waals surface area contributed by atoms with Gasteiger partial charge in [0.1, 0.15) is 0 Å². The maximum Gasteiger partial charge on any atom is 0.255 e. The van der Waals surface area contributed by atoms with Crippen LogP contribution in [-0.4, -0.2) is 29.9 Å². The first kappa shape index (κ1) is 14.6. The highest BCUT2D eigenvalue weighted by Gasteiger charge is 2.36. The zero-order valence-electron chi connectivity index (χ0n) is 12.3. The average Bonchev–Trinajstić information content (AvgIpc) is 3.00. The van der Waals surface area contributed by atoms with Crippen LogP contribution in [0.2, 0.25) is 0 Å². The highest BCUT2D eigenvalue weighted by Crippen LogP contribution is 2.36. The molecule has 3 nitrogen and oxygen atoms in total. The second kappa shape index (κ2) is 6.64. The van der Waals surface area contributed by atoms with Crippen molar-refractivity contribution >= 4 is 17.2 Å². The summed E-state index contributed by atoms with van der Waals surface area (Å²) in [6.45, 7) is 1.27. The molecule has 3 rings (SSSR count). The van der Waals surface area contributed by atoms with Gasteiger partial charge in [-0.05, 0) is 37.7 Å². The van der Waals surface area contributed by atoms with E-state index in [1.54, 1.807) is 0 Å². The molecule has 1 aromatic heterocycles. The number of hydrogen-bond donors (Lipinski definition) is 1. The van der Waals surface area contributed by atoms with Gasteiger partial charge in [0.05, 0.1) is 17.0 Å². The molecule has 2 fully saturated rings. The molecule has 1 aromatic rings. The van der Waals surface area contributed by atoms with E-state index in [0.29, 0.717) is 12.6 Å². The first-order chi connectivity index (χ1) is 10.3. The lowest BCUT2D eigenvalue weighted by Gasteiger charge is -2.44. The quantitative estimate of drug-likeness (QED) is 0.811. The molecule has 0 aromatic carbocycles. The summed E-state index contributed by atoms with van der Waals surface area (Å²) in [5.74, 6) is 6.78. The SMILES string of the molecule is NCC#Cc1cc(C(=O)N2CCCC3CCCCC32)cs1. The van der Waals surface area contributed by atoms with Gasteiger partial charge in [-0.3, -0.25) is 4.79 Å². The van der Waals surface area contributed by atoms with Gasteiger partial charge in [-0.15, -0.1) is 11.3 Å². The highest BCUT2D eigenvalue weighted by molar-refractivity contribution is 7.10. The zero-order chi connectivity index (χ0) is 14.7. The van der Waals surface area contributed by atoms with E-state index in [9.17, 15) is 4.79 Å². The Hall–Kier alpha value is -1.31. The van der Waals surface area contributed by atoms with Crippen molar-refractivity contribution in [2.24, 2.45) is 11.7 Å². The number of carbonyl (C=O) groups excluding carboxylic acids is 1. The van der Waals surface area contributed by atoms with Crippen molar-refractivity contribution < 1.29 is 4.79 Å². The van der Waals surface area contributed by atoms with Gasteiger partial charge in [-0.2, -0.15) is 0 Å². The van der Waals surface area contributed by atoms with Crippen LogP contribution in [0.3, 0.4) is 0 Å². The molecule has 2 atom stereocenters. The van der Waals surface area contributed by atoms with E-state index in [4.69, 9.17) is 5.73 Å². The third kappa shape index (κ3) is 3.14. The van der Waals surface area contributed by atoms with Crippen molar-refractivity contribution in [1.29, 1.82) is 0 Å². The number of carbonyl (C=O) groups is 1. The summed E-state index contributed by atoms with van der Waals surface area (Å²) in [4.78, 5) is 15.9. The summed E-state index contributed by atoms with van der Waals surface area (Å²) in [6, 6.07) is 2.39. The molecule has 2 aliphatic rings. The van der Waals surface area contributed by atoms with Gasteiger partial charge in [0.25, 0.3) is 5.91 Å². The van der Waals surface area contributed by atoms with Gasteiger partial charge in [0, 0.05) is 18.0 Å². The first-order valence-corrected chi connectivity index (χ1v) is 8.76. The number of thiophene rings is 1. The fraction of sp³-hybridized carbons (Fsp3) is 0.588. The second-order valence-electron chi connectivity index (χ2n) is 5.96. The fourth-order valence-corrected chi connectivity index (χ4v) is 4.44. The number of rotatable bonds is 1. The monoisotopic (exact) mass is 302 g/mol. The maximum absolute atomic E-state index is 12.8. The minimum atomic E-state index is 0.198. The number of piperidine rings is 1. The number of nitrogens with two attached hydrogens (primary N) is 1. The van der Waals surface area contributed by atoms with Crippen LogP contribution in [0.1, 0.15) is 53.8 Å². The van der Waals surface area contributed by atoms with Crippen LogP contribution >= 0.6 is 11.3 Å². The molecule has 2 heterocycles. The van der Waals surface area contributed by atoms with Crippen LogP contribution in [0.15, 0.2) is 11.4 Å². The Morgan fingerprint density at radius 3 is 3.00 bits per heavy atom. The van der Waals surface area contributed by atoms with E-state index in [1.165, 1.54) is 43.4 Å². The summed E-state index contributed by atoms with van der Waals surface area (Å²) in [6.07, 6.45) is 7.52. The van der Waals surface area contributed by atoms with Gasteiger partial charge in [-0.25, -0.2) is 0 Å². The third-order valence-corrected chi connectivity index (χ3v) is 5.51. The number of hydrogen-bond acceptors (Lipinski definition) is 3. The Labute approximate surface area is 130 Å². The molecular weight excluding hydrogens is 280 g/mol. The topological polar surface area (TPSA) is 46.3 Å². The standard InChI is InChI=1S/C17H22N2OS/c18-9-3-7-15-11-14(12-21-15)17(20)19-10-4-6-13-5-1-2-8-16(13)19/h11-13,16H,1-2,4-6,8-10,18H2. The molecular formula is C17H22N2OS. The number of nitrogens with zero attached hydrogens (tertiary/aromatic N) is 1. The summed E-state index contributed by atoms with van der Waals surface area (Å²) in [5, 5.41) is 1.94. The molecule has 1 aliphatic heterocycles. The minimum absolute atomic E-state index is 0.198. The van der Waals surface area contributed by atoms with Crippen molar-refractivity contribution in [2.45, 2.75) is 44.6 Å². The summed E-state index contributed by atoms with van der Waals surface area (Å²) < 4.78 is 0. The summed E-state index contributed by atoms with van der Waals surface area (Å²) in [7, 11) is 0. The molecule has 1 amide bonds. The van der Waals surface area contributed by atoms with E-state index in [0.717, 1.165) is 29.3 Å². The number of likely N-dealkylation sites (tertiary alicyclic amines) is 1. The molecule has 1 aliphatic carbocycles. The molecule has 0 bridgehead atoms. The number of fused-ring (bicyclic) bond motifs is 1.